The Morgan fingerprint density at radius 2 is 1.17 bits per heavy atom. The van der Waals surface area contributed by atoms with Crippen molar-refractivity contribution in [2.45, 2.75) is 65.2 Å². The molecule has 110 valence electrons. The molecule has 18 heavy (non-hydrogen) atoms. The van der Waals surface area contributed by atoms with Crippen LogP contribution in [0.3, 0.4) is 0 Å². The molecular formula is C14H33NO2Si. The van der Waals surface area contributed by atoms with Crippen LogP contribution in [0.2, 0.25) is 0 Å². The Balaban J connectivity index is 3.53. The third kappa shape index (κ3) is 11.2. The highest BCUT2D eigenvalue weighted by Gasteiger charge is 2.16. The van der Waals surface area contributed by atoms with Crippen molar-refractivity contribution < 1.29 is 8.85 Å². The molecule has 0 aromatic rings. The highest BCUT2D eigenvalue weighted by atomic mass is 28.3. The van der Waals surface area contributed by atoms with Crippen molar-refractivity contribution in [2.24, 2.45) is 0 Å². The van der Waals surface area contributed by atoms with Gasteiger partial charge in [0.05, 0.1) is 0 Å². The van der Waals surface area contributed by atoms with Crippen molar-refractivity contribution in [2.75, 3.05) is 27.3 Å². The molecule has 0 aliphatic carbocycles. The maximum atomic E-state index is 5.90. The Labute approximate surface area is 116 Å². The second-order valence-electron chi connectivity index (χ2n) is 5.13. The highest BCUT2D eigenvalue weighted by Crippen LogP contribution is 2.04. The fraction of sp³-hybridized carbons (Fsp3) is 1.00. The SMILES string of the molecule is CCCCCCO[SiH](OCCCCCC)N(C)C. The lowest BCUT2D eigenvalue weighted by molar-refractivity contribution is 0.153. The second kappa shape index (κ2) is 13.5. The summed E-state index contributed by atoms with van der Waals surface area (Å²) in [5, 5.41) is 0. The molecule has 0 radical (unpaired) electrons. The molecule has 4 heteroatoms. The molecule has 0 rings (SSSR count). The van der Waals surface area contributed by atoms with E-state index in [-0.39, 0.29) is 0 Å². The van der Waals surface area contributed by atoms with Crippen LogP contribution in [0.1, 0.15) is 65.2 Å². The number of rotatable bonds is 13. The van der Waals surface area contributed by atoms with Crippen molar-refractivity contribution in [3.05, 3.63) is 0 Å². The zero-order valence-electron chi connectivity index (χ0n) is 12.9. The summed E-state index contributed by atoms with van der Waals surface area (Å²) in [6.45, 7) is 6.20. The van der Waals surface area contributed by atoms with E-state index in [0.29, 0.717) is 0 Å². The third-order valence-corrected chi connectivity index (χ3v) is 4.82. The quantitative estimate of drug-likeness (QED) is 0.379. The molecule has 0 spiro atoms. The van der Waals surface area contributed by atoms with E-state index in [4.69, 9.17) is 8.85 Å². The first-order valence-electron chi connectivity index (χ1n) is 7.62. The molecule has 0 atom stereocenters. The Kier molecular flexibility index (Phi) is 13.6. The van der Waals surface area contributed by atoms with Crippen LogP contribution < -0.4 is 0 Å². The van der Waals surface area contributed by atoms with E-state index in [1.54, 1.807) is 0 Å². The summed E-state index contributed by atoms with van der Waals surface area (Å²) in [5.41, 5.74) is 0. The van der Waals surface area contributed by atoms with Crippen LogP contribution in [-0.4, -0.2) is 41.3 Å². The summed E-state index contributed by atoms with van der Waals surface area (Å²) in [4.78, 5) is 0. The van der Waals surface area contributed by atoms with E-state index in [1.165, 1.54) is 51.4 Å². The van der Waals surface area contributed by atoms with Gasteiger partial charge in [-0.15, -0.1) is 0 Å². The van der Waals surface area contributed by atoms with Gasteiger partial charge in [0, 0.05) is 13.2 Å². The molecule has 0 aliphatic rings. The second-order valence-corrected chi connectivity index (χ2v) is 7.45. The largest absolute Gasteiger partial charge is 0.410 e. The molecule has 0 bridgehead atoms. The van der Waals surface area contributed by atoms with Crippen LogP contribution in [0.15, 0.2) is 0 Å². The van der Waals surface area contributed by atoms with Crippen LogP contribution in [0, 0.1) is 0 Å². The standard InChI is InChI=1S/C14H33NO2Si/c1-5-7-9-11-13-16-18(15(3)4)17-14-12-10-8-6-2/h18H,5-14H2,1-4H3. The number of hydrogen-bond donors (Lipinski definition) is 0. The van der Waals surface area contributed by atoms with Gasteiger partial charge >= 0.3 is 9.45 Å². The van der Waals surface area contributed by atoms with E-state index >= 15 is 0 Å². The van der Waals surface area contributed by atoms with Gasteiger partial charge in [0.15, 0.2) is 0 Å². The predicted octanol–water partition coefficient (Wildman–Crippen LogP) is 3.46. The lowest BCUT2D eigenvalue weighted by Crippen LogP contribution is -2.39. The van der Waals surface area contributed by atoms with Gasteiger partial charge in [-0.3, -0.25) is 4.57 Å². The molecule has 0 saturated heterocycles. The zero-order chi connectivity index (χ0) is 13.6. The molecule has 0 fully saturated rings. The summed E-state index contributed by atoms with van der Waals surface area (Å²) < 4.78 is 13.9. The normalized spacial score (nSPS) is 11.7. The molecule has 3 nitrogen and oxygen atoms in total. The number of hydrogen-bond acceptors (Lipinski definition) is 3. The molecule has 0 aromatic carbocycles. The van der Waals surface area contributed by atoms with Gasteiger partial charge in [-0.25, -0.2) is 0 Å². The van der Waals surface area contributed by atoms with Crippen LogP contribution in [0.25, 0.3) is 0 Å². The highest BCUT2D eigenvalue weighted by molar-refractivity contribution is 6.40. The Morgan fingerprint density at radius 1 is 0.722 bits per heavy atom. The fourth-order valence-corrected chi connectivity index (χ4v) is 3.20. The average Bonchev–Trinajstić information content (AvgIpc) is 2.35. The molecule has 0 unspecified atom stereocenters. The first-order chi connectivity index (χ1) is 8.72. The minimum Gasteiger partial charge on any atom is -0.385 e. The van der Waals surface area contributed by atoms with Gasteiger partial charge in [0.25, 0.3) is 0 Å². The van der Waals surface area contributed by atoms with Crippen LogP contribution >= 0.6 is 0 Å². The summed E-state index contributed by atoms with van der Waals surface area (Å²) in [5.74, 6) is 0. The van der Waals surface area contributed by atoms with Crippen LogP contribution in [0.5, 0.6) is 0 Å². The first-order valence-corrected chi connectivity index (χ1v) is 9.07. The summed E-state index contributed by atoms with van der Waals surface area (Å²) in [6.07, 6.45) is 10.1. The predicted molar refractivity (Wildman–Crippen MR) is 81.0 cm³/mol. The van der Waals surface area contributed by atoms with Gasteiger partial charge in [0.1, 0.15) is 0 Å². The van der Waals surface area contributed by atoms with Crippen molar-refractivity contribution >= 4 is 9.45 Å². The van der Waals surface area contributed by atoms with Gasteiger partial charge < -0.3 is 8.85 Å². The molecule has 0 heterocycles. The average molecular weight is 276 g/mol. The van der Waals surface area contributed by atoms with Gasteiger partial charge in [-0.2, -0.15) is 0 Å². The van der Waals surface area contributed by atoms with Crippen LogP contribution in [0.4, 0.5) is 0 Å². The topological polar surface area (TPSA) is 21.7 Å². The van der Waals surface area contributed by atoms with Crippen molar-refractivity contribution in [3.8, 4) is 0 Å². The molecule has 0 amide bonds. The molecule has 0 aromatic heterocycles. The van der Waals surface area contributed by atoms with E-state index in [1.807, 2.05) is 0 Å². The Morgan fingerprint density at radius 3 is 1.50 bits per heavy atom. The lowest BCUT2D eigenvalue weighted by atomic mass is 10.2. The molecular weight excluding hydrogens is 242 g/mol. The smallest absolute Gasteiger partial charge is 0.385 e. The summed E-state index contributed by atoms with van der Waals surface area (Å²) >= 11 is 0. The van der Waals surface area contributed by atoms with Crippen molar-refractivity contribution in [3.63, 3.8) is 0 Å². The molecule has 0 saturated carbocycles. The fourth-order valence-electron chi connectivity index (χ4n) is 1.77. The minimum atomic E-state index is -1.58. The lowest BCUT2D eigenvalue weighted by Gasteiger charge is -2.22. The van der Waals surface area contributed by atoms with Gasteiger partial charge in [-0.1, -0.05) is 52.4 Å². The van der Waals surface area contributed by atoms with Gasteiger partial charge in [0.2, 0.25) is 0 Å². The van der Waals surface area contributed by atoms with Crippen molar-refractivity contribution in [1.29, 1.82) is 0 Å². The first kappa shape index (κ1) is 18.1. The zero-order valence-corrected chi connectivity index (χ0v) is 14.1. The minimum absolute atomic E-state index is 0.865. The maximum absolute atomic E-state index is 5.90. The monoisotopic (exact) mass is 275 g/mol. The summed E-state index contributed by atoms with van der Waals surface area (Å²) in [7, 11) is 2.55. The van der Waals surface area contributed by atoms with E-state index in [2.05, 4.69) is 32.5 Å². The van der Waals surface area contributed by atoms with E-state index in [9.17, 15) is 0 Å². The Hall–Kier alpha value is 0.0969. The van der Waals surface area contributed by atoms with E-state index in [0.717, 1.165) is 13.2 Å². The maximum Gasteiger partial charge on any atom is 0.410 e. The summed E-state index contributed by atoms with van der Waals surface area (Å²) in [6, 6.07) is 0. The van der Waals surface area contributed by atoms with Gasteiger partial charge in [-0.05, 0) is 26.9 Å². The number of unbranched alkanes of at least 4 members (excludes halogenated alkanes) is 6. The van der Waals surface area contributed by atoms with Crippen LogP contribution in [-0.2, 0) is 8.85 Å². The van der Waals surface area contributed by atoms with Crippen molar-refractivity contribution in [1.82, 2.24) is 4.57 Å². The molecule has 0 N–H and O–H groups in total. The third-order valence-electron chi connectivity index (χ3n) is 2.94. The van der Waals surface area contributed by atoms with E-state index < -0.39 is 9.45 Å². The number of nitrogens with zero attached hydrogens (tertiary/aromatic N) is 1. The molecule has 0 aliphatic heterocycles. The Bertz CT molecular complexity index is 154.